The topological polar surface area (TPSA) is 20.2 Å². The van der Waals surface area contributed by atoms with Crippen molar-refractivity contribution in [2.24, 2.45) is 0 Å². The monoisotopic (exact) mass is 158 g/mol. The van der Waals surface area contributed by atoms with Gasteiger partial charge in [-0.15, -0.1) is 0 Å². The van der Waals surface area contributed by atoms with Gasteiger partial charge in [-0.25, -0.2) is 8.78 Å². The minimum absolute atomic E-state index is 0.0831. The Labute approximate surface area is 63.3 Å². The average molecular weight is 158 g/mol. The lowest BCUT2D eigenvalue weighted by molar-refractivity contribution is 0.0429. The summed E-state index contributed by atoms with van der Waals surface area (Å²) in [5.74, 6) is -0.359. The van der Waals surface area contributed by atoms with Crippen molar-refractivity contribution in [2.75, 3.05) is 0 Å². The number of aliphatic hydroxyl groups is 1. The maximum atomic E-state index is 12.3. The van der Waals surface area contributed by atoms with E-state index in [4.69, 9.17) is 5.11 Å². The number of aliphatic hydroxyl groups excluding tert-OH is 1. The van der Waals surface area contributed by atoms with E-state index < -0.39 is 6.36 Å². The van der Waals surface area contributed by atoms with Crippen LogP contribution in [0.25, 0.3) is 0 Å². The number of alkyl halides is 1. The lowest BCUT2D eigenvalue weighted by Gasteiger charge is -1.99. The molecule has 1 aromatic rings. The van der Waals surface area contributed by atoms with Crippen molar-refractivity contribution in [3.05, 3.63) is 35.6 Å². The van der Waals surface area contributed by atoms with Crippen molar-refractivity contribution in [1.82, 2.24) is 0 Å². The van der Waals surface area contributed by atoms with Crippen molar-refractivity contribution < 1.29 is 13.9 Å². The Morgan fingerprint density at radius 1 is 1.27 bits per heavy atom. The Bertz CT molecular complexity index is 218. The highest BCUT2D eigenvalue weighted by molar-refractivity contribution is 5.16. The van der Waals surface area contributed by atoms with E-state index >= 15 is 0 Å². The van der Waals surface area contributed by atoms with Crippen LogP contribution in [0.4, 0.5) is 8.78 Å². The summed E-state index contributed by atoms with van der Waals surface area (Å²) < 4.78 is 24.2. The summed E-state index contributed by atoms with van der Waals surface area (Å²) in [6.07, 6.45) is -1.94. The molecule has 3 heteroatoms. The van der Waals surface area contributed by atoms with Crippen molar-refractivity contribution in [3.63, 3.8) is 0 Å². The first-order valence-corrected chi connectivity index (χ1v) is 3.25. The van der Waals surface area contributed by atoms with Crippen LogP contribution >= 0.6 is 0 Å². The first-order chi connectivity index (χ1) is 5.18. The normalized spacial score (nSPS) is 13.0. The predicted molar refractivity (Wildman–Crippen MR) is 37.2 cm³/mol. The quantitative estimate of drug-likeness (QED) is 0.693. The van der Waals surface area contributed by atoms with Gasteiger partial charge in [0.25, 0.3) is 0 Å². The number of hydrogen-bond donors (Lipinski definition) is 1. The minimum atomic E-state index is -1.86. The molecule has 0 radical (unpaired) electrons. The zero-order valence-corrected chi connectivity index (χ0v) is 5.80. The second-order valence-electron chi connectivity index (χ2n) is 2.27. The molecule has 11 heavy (non-hydrogen) atoms. The van der Waals surface area contributed by atoms with Crippen molar-refractivity contribution in [2.45, 2.75) is 12.8 Å². The van der Waals surface area contributed by atoms with E-state index in [-0.39, 0.29) is 12.2 Å². The van der Waals surface area contributed by atoms with Crippen LogP contribution in [0.5, 0.6) is 0 Å². The van der Waals surface area contributed by atoms with E-state index in [0.717, 1.165) is 0 Å². The molecule has 0 aliphatic carbocycles. The predicted octanol–water partition coefficient (Wildman–Crippen LogP) is 1.66. The Morgan fingerprint density at radius 3 is 2.27 bits per heavy atom. The highest BCUT2D eigenvalue weighted by atomic mass is 19.1. The highest BCUT2D eigenvalue weighted by Crippen LogP contribution is 2.05. The Balaban J connectivity index is 2.66. The summed E-state index contributed by atoms with van der Waals surface area (Å²) in [6.45, 7) is 0. The van der Waals surface area contributed by atoms with Gasteiger partial charge in [-0.05, 0) is 17.7 Å². The maximum Gasteiger partial charge on any atom is 0.200 e. The molecule has 0 saturated carbocycles. The molecule has 0 heterocycles. The van der Waals surface area contributed by atoms with E-state index in [0.29, 0.717) is 5.56 Å². The molecule has 1 aromatic carbocycles. The van der Waals surface area contributed by atoms with Crippen LogP contribution in [-0.2, 0) is 6.42 Å². The average Bonchev–Trinajstić information content (AvgIpc) is 1.93. The number of benzene rings is 1. The molecule has 0 spiro atoms. The smallest absolute Gasteiger partial charge is 0.200 e. The van der Waals surface area contributed by atoms with Crippen LogP contribution < -0.4 is 0 Å². The van der Waals surface area contributed by atoms with Crippen molar-refractivity contribution >= 4 is 0 Å². The second-order valence-corrected chi connectivity index (χ2v) is 2.27. The summed E-state index contributed by atoms with van der Waals surface area (Å²) in [4.78, 5) is 0. The summed E-state index contributed by atoms with van der Waals surface area (Å²) in [6, 6.07) is 5.35. The first-order valence-electron chi connectivity index (χ1n) is 3.25. The summed E-state index contributed by atoms with van der Waals surface area (Å²) >= 11 is 0. The zero-order valence-electron chi connectivity index (χ0n) is 5.80. The lowest BCUT2D eigenvalue weighted by atomic mass is 10.1. The van der Waals surface area contributed by atoms with Gasteiger partial charge < -0.3 is 5.11 Å². The van der Waals surface area contributed by atoms with Gasteiger partial charge in [-0.3, -0.25) is 0 Å². The third-order valence-electron chi connectivity index (χ3n) is 1.32. The van der Waals surface area contributed by atoms with E-state index in [9.17, 15) is 8.78 Å². The van der Waals surface area contributed by atoms with Gasteiger partial charge in [-0.2, -0.15) is 0 Å². The molecule has 0 amide bonds. The molecular weight excluding hydrogens is 150 g/mol. The Kier molecular flexibility index (Phi) is 2.54. The third kappa shape index (κ3) is 2.63. The van der Waals surface area contributed by atoms with Crippen LogP contribution in [0, 0.1) is 5.82 Å². The zero-order chi connectivity index (χ0) is 8.27. The van der Waals surface area contributed by atoms with Gasteiger partial charge in [0.05, 0.1) is 0 Å². The van der Waals surface area contributed by atoms with Gasteiger partial charge in [0.1, 0.15) is 5.82 Å². The molecule has 0 fully saturated rings. The van der Waals surface area contributed by atoms with Gasteiger partial charge in [-0.1, -0.05) is 12.1 Å². The molecule has 1 rings (SSSR count). The van der Waals surface area contributed by atoms with Gasteiger partial charge >= 0.3 is 0 Å². The SMILES string of the molecule is OC(F)Cc1ccc(F)cc1. The van der Waals surface area contributed by atoms with Crippen LogP contribution in [0.3, 0.4) is 0 Å². The van der Waals surface area contributed by atoms with Crippen LogP contribution in [0.2, 0.25) is 0 Å². The molecule has 0 aliphatic heterocycles. The number of rotatable bonds is 2. The molecule has 0 aliphatic rings. The minimum Gasteiger partial charge on any atom is -0.364 e. The number of hydrogen-bond acceptors (Lipinski definition) is 1. The third-order valence-corrected chi connectivity index (χ3v) is 1.32. The molecule has 1 unspecified atom stereocenters. The largest absolute Gasteiger partial charge is 0.364 e. The molecule has 1 atom stereocenters. The fourth-order valence-electron chi connectivity index (χ4n) is 0.815. The summed E-state index contributed by atoms with van der Waals surface area (Å²) in [5.41, 5.74) is 0.585. The second kappa shape index (κ2) is 3.44. The van der Waals surface area contributed by atoms with Crippen molar-refractivity contribution in [3.8, 4) is 0 Å². The molecule has 1 nitrogen and oxygen atoms in total. The van der Waals surface area contributed by atoms with E-state index in [2.05, 4.69) is 0 Å². The Hall–Kier alpha value is -0.960. The molecule has 0 saturated heterocycles. The maximum absolute atomic E-state index is 12.3. The lowest BCUT2D eigenvalue weighted by Crippen LogP contribution is -2.01. The fraction of sp³-hybridized carbons (Fsp3) is 0.250. The van der Waals surface area contributed by atoms with Crippen LogP contribution in [-0.4, -0.2) is 11.5 Å². The molecule has 0 aromatic heterocycles. The number of halogens is 2. The fourth-order valence-corrected chi connectivity index (χ4v) is 0.815. The highest BCUT2D eigenvalue weighted by Gasteiger charge is 2.01. The molecular formula is C8H8F2O. The van der Waals surface area contributed by atoms with Gasteiger partial charge in [0.2, 0.25) is 0 Å². The molecule has 0 bridgehead atoms. The standard InChI is InChI=1S/C8H8F2O/c9-7-3-1-6(2-4-7)5-8(10)11/h1-4,8,11H,5H2. The van der Waals surface area contributed by atoms with E-state index in [1.165, 1.54) is 24.3 Å². The van der Waals surface area contributed by atoms with Gasteiger partial charge in [0, 0.05) is 6.42 Å². The van der Waals surface area contributed by atoms with Crippen LogP contribution in [0.15, 0.2) is 24.3 Å². The summed E-state index contributed by atoms with van der Waals surface area (Å²) in [7, 11) is 0. The van der Waals surface area contributed by atoms with Gasteiger partial charge in [0.15, 0.2) is 6.36 Å². The molecule has 60 valence electrons. The van der Waals surface area contributed by atoms with Crippen LogP contribution in [0.1, 0.15) is 5.56 Å². The Morgan fingerprint density at radius 2 is 1.82 bits per heavy atom. The van der Waals surface area contributed by atoms with E-state index in [1.807, 2.05) is 0 Å². The van der Waals surface area contributed by atoms with E-state index in [1.54, 1.807) is 0 Å². The first kappa shape index (κ1) is 8.14. The summed E-state index contributed by atoms with van der Waals surface area (Å²) in [5, 5.41) is 8.31. The molecule has 1 N–H and O–H groups in total. The van der Waals surface area contributed by atoms with Crippen molar-refractivity contribution in [1.29, 1.82) is 0 Å².